The van der Waals surface area contributed by atoms with E-state index in [9.17, 15) is 0 Å². The molecule has 0 radical (unpaired) electrons. The molecule has 88 valence electrons. The van der Waals surface area contributed by atoms with E-state index in [1.54, 1.807) is 0 Å². The first-order valence-corrected chi connectivity index (χ1v) is 7.43. The fourth-order valence-corrected chi connectivity index (χ4v) is 3.40. The van der Waals surface area contributed by atoms with Crippen molar-refractivity contribution in [2.24, 2.45) is 5.92 Å². The average molecular weight is 235 g/mol. The van der Waals surface area contributed by atoms with Crippen LogP contribution in [0.4, 0.5) is 0 Å². The van der Waals surface area contributed by atoms with Gasteiger partial charge in [0, 0.05) is 0 Å². The maximum absolute atomic E-state index is 3.58. The SMILES string of the molecule is c1ccc(CCCNCC2CCSC2)cc1. The summed E-state index contributed by atoms with van der Waals surface area (Å²) in [5.41, 5.74) is 1.46. The van der Waals surface area contributed by atoms with Crippen LogP contribution in [-0.4, -0.2) is 24.6 Å². The molecular weight excluding hydrogens is 214 g/mol. The molecule has 1 aliphatic heterocycles. The predicted molar refractivity (Wildman–Crippen MR) is 73.1 cm³/mol. The molecular formula is C14H21NS. The van der Waals surface area contributed by atoms with Gasteiger partial charge < -0.3 is 5.32 Å². The highest BCUT2D eigenvalue weighted by molar-refractivity contribution is 7.99. The Labute approximate surface area is 103 Å². The Bertz CT molecular complexity index is 280. The summed E-state index contributed by atoms with van der Waals surface area (Å²) in [7, 11) is 0. The smallest absolute Gasteiger partial charge is 0.00123 e. The second-order valence-corrected chi connectivity index (χ2v) is 5.67. The summed E-state index contributed by atoms with van der Waals surface area (Å²) in [4.78, 5) is 0. The van der Waals surface area contributed by atoms with Gasteiger partial charge in [-0.1, -0.05) is 30.3 Å². The van der Waals surface area contributed by atoms with E-state index in [2.05, 4.69) is 47.4 Å². The van der Waals surface area contributed by atoms with Gasteiger partial charge in [-0.25, -0.2) is 0 Å². The van der Waals surface area contributed by atoms with E-state index in [4.69, 9.17) is 0 Å². The van der Waals surface area contributed by atoms with Crippen LogP contribution in [0.2, 0.25) is 0 Å². The van der Waals surface area contributed by atoms with E-state index < -0.39 is 0 Å². The van der Waals surface area contributed by atoms with Crippen LogP contribution in [0.15, 0.2) is 30.3 Å². The van der Waals surface area contributed by atoms with Crippen molar-refractivity contribution in [1.29, 1.82) is 0 Å². The number of hydrogen-bond acceptors (Lipinski definition) is 2. The molecule has 2 heteroatoms. The summed E-state index contributed by atoms with van der Waals surface area (Å²) >= 11 is 2.10. The van der Waals surface area contributed by atoms with Gasteiger partial charge in [0.05, 0.1) is 0 Å². The molecule has 0 spiro atoms. The van der Waals surface area contributed by atoms with Crippen LogP contribution in [-0.2, 0) is 6.42 Å². The van der Waals surface area contributed by atoms with Crippen molar-refractivity contribution >= 4 is 11.8 Å². The summed E-state index contributed by atoms with van der Waals surface area (Å²) in [6.45, 7) is 2.39. The van der Waals surface area contributed by atoms with Crippen molar-refractivity contribution in [3.8, 4) is 0 Å². The highest BCUT2D eigenvalue weighted by Gasteiger charge is 2.14. The van der Waals surface area contributed by atoms with Gasteiger partial charge >= 0.3 is 0 Å². The van der Waals surface area contributed by atoms with Gasteiger partial charge in [0.25, 0.3) is 0 Å². The molecule has 0 aromatic heterocycles. The lowest BCUT2D eigenvalue weighted by Gasteiger charge is -2.09. The minimum absolute atomic E-state index is 0.932. The molecule has 2 rings (SSSR count). The maximum atomic E-state index is 3.58. The molecule has 1 heterocycles. The van der Waals surface area contributed by atoms with Crippen LogP contribution in [0.3, 0.4) is 0 Å². The molecule has 0 aliphatic carbocycles. The monoisotopic (exact) mass is 235 g/mol. The van der Waals surface area contributed by atoms with Crippen molar-refractivity contribution in [3.05, 3.63) is 35.9 Å². The summed E-state index contributed by atoms with van der Waals surface area (Å²) < 4.78 is 0. The van der Waals surface area contributed by atoms with Crippen LogP contribution in [0.5, 0.6) is 0 Å². The Kier molecular flexibility index (Phi) is 5.23. The first kappa shape index (κ1) is 12.0. The van der Waals surface area contributed by atoms with Crippen molar-refractivity contribution in [2.45, 2.75) is 19.3 Å². The number of rotatable bonds is 6. The number of thioether (sulfide) groups is 1. The van der Waals surface area contributed by atoms with Gasteiger partial charge in [-0.15, -0.1) is 0 Å². The van der Waals surface area contributed by atoms with E-state index >= 15 is 0 Å². The topological polar surface area (TPSA) is 12.0 Å². The molecule has 1 aromatic rings. The largest absolute Gasteiger partial charge is 0.316 e. The number of nitrogens with one attached hydrogen (secondary N) is 1. The van der Waals surface area contributed by atoms with Gasteiger partial charge in [-0.3, -0.25) is 0 Å². The second kappa shape index (κ2) is 6.97. The zero-order valence-corrected chi connectivity index (χ0v) is 10.6. The molecule has 1 unspecified atom stereocenters. The quantitative estimate of drug-likeness (QED) is 0.761. The third-order valence-corrected chi connectivity index (χ3v) is 4.35. The third kappa shape index (κ3) is 4.18. The second-order valence-electron chi connectivity index (χ2n) is 4.52. The lowest BCUT2D eigenvalue weighted by molar-refractivity contribution is 0.517. The van der Waals surface area contributed by atoms with Crippen molar-refractivity contribution in [1.82, 2.24) is 5.32 Å². The Morgan fingerprint density at radius 2 is 2.12 bits per heavy atom. The van der Waals surface area contributed by atoms with Gasteiger partial charge in [0.2, 0.25) is 0 Å². The molecule has 1 saturated heterocycles. The molecule has 0 bridgehead atoms. The minimum Gasteiger partial charge on any atom is -0.316 e. The summed E-state index contributed by atoms with van der Waals surface area (Å²) in [5, 5.41) is 3.58. The van der Waals surface area contributed by atoms with Crippen LogP contribution in [0, 0.1) is 5.92 Å². The molecule has 16 heavy (non-hydrogen) atoms. The molecule has 0 amide bonds. The van der Waals surface area contributed by atoms with Crippen molar-refractivity contribution < 1.29 is 0 Å². The Hall–Kier alpha value is -0.470. The number of hydrogen-bond donors (Lipinski definition) is 1. The zero-order chi connectivity index (χ0) is 11.1. The van der Waals surface area contributed by atoms with E-state index in [1.807, 2.05) is 0 Å². The lowest BCUT2D eigenvalue weighted by atomic mass is 10.1. The first-order chi connectivity index (χ1) is 7.95. The Morgan fingerprint density at radius 3 is 2.88 bits per heavy atom. The summed E-state index contributed by atoms with van der Waals surface area (Å²) in [6, 6.07) is 10.8. The fourth-order valence-electron chi connectivity index (χ4n) is 2.11. The zero-order valence-electron chi connectivity index (χ0n) is 9.82. The van der Waals surface area contributed by atoms with Crippen LogP contribution in [0.25, 0.3) is 0 Å². The molecule has 1 fully saturated rings. The average Bonchev–Trinajstić information content (AvgIpc) is 2.83. The van der Waals surface area contributed by atoms with E-state index in [-0.39, 0.29) is 0 Å². The lowest BCUT2D eigenvalue weighted by Crippen LogP contribution is -2.23. The van der Waals surface area contributed by atoms with E-state index in [1.165, 1.54) is 42.9 Å². The Balaban J connectivity index is 1.52. The molecule has 1 nitrogen and oxygen atoms in total. The predicted octanol–water partition coefficient (Wildman–Crippen LogP) is 2.96. The normalized spacial score (nSPS) is 20.1. The highest BCUT2D eigenvalue weighted by Crippen LogP contribution is 2.22. The fraction of sp³-hybridized carbons (Fsp3) is 0.571. The highest BCUT2D eigenvalue weighted by atomic mass is 32.2. The van der Waals surface area contributed by atoms with Gasteiger partial charge in [-0.05, 0) is 55.3 Å². The summed E-state index contributed by atoms with van der Waals surface area (Å²) in [6.07, 6.45) is 3.87. The summed E-state index contributed by atoms with van der Waals surface area (Å²) in [5.74, 6) is 3.67. The molecule has 1 N–H and O–H groups in total. The van der Waals surface area contributed by atoms with E-state index in [0.717, 1.165) is 12.5 Å². The van der Waals surface area contributed by atoms with Gasteiger partial charge in [-0.2, -0.15) is 11.8 Å². The molecule has 1 aliphatic rings. The molecule has 1 atom stereocenters. The first-order valence-electron chi connectivity index (χ1n) is 6.27. The van der Waals surface area contributed by atoms with Crippen LogP contribution in [0.1, 0.15) is 18.4 Å². The molecule has 1 aromatic carbocycles. The molecule has 0 saturated carbocycles. The number of benzene rings is 1. The third-order valence-electron chi connectivity index (χ3n) is 3.12. The van der Waals surface area contributed by atoms with E-state index in [0.29, 0.717) is 0 Å². The van der Waals surface area contributed by atoms with Gasteiger partial charge in [0.1, 0.15) is 0 Å². The van der Waals surface area contributed by atoms with Crippen LogP contribution >= 0.6 is 11.8 Å². The number of aryl methyl sites for hydroxylation is 1. The van der Waals surface area contributed by atoms with Crippen LogP contribution < -0.4 is 5.32 Å². The maximum Gasteiger partial charge on any atom is -0.00123 e. The standard InChI is InChI=1S/C14H21NS/c1-2-5-13(6-3-1)7-4-9-15-11-14-8-10-16-12-14/h1-3,5-6,14-15H,4,7-12H2. The minimum atomic E-state index is 0.932. The van der Waals surface area contributed by atoms with Crippen molar-refractivity contribution in [3.63, 3.8) is 0 Å². The Morgan fingerprint density at radius 1 is 1.25 bits per heavy atom. The van der Waals surface area contributed by atoms with Crippen molar-refractivity contribution in [2.75, 3.05) is 24.6 Å². The van der Waals surface area contributed by atoms with Gasteiger partial charge in [0.15, 0.2) is 0 Å².